The van der Waals surface area contributed by atoms with Gasteiger partial charge in [0.1, 0.15) is 17.2 Å². The summed E-state index contributed by atoms with van der Waals surface area (Å²) in [7, 11) is -2.27. The number of benzene rings is 2. The number of hydrogen-bond acceptors (Lipinski definition) is 4. The number of ether oxygens (including phenoxy) is 1. The van der Waals surface area contributed by atoms with Crippen molar-refractivity contribution in [1.82, 2.24) is 0 Å². The van der Waals surface area contributed by atoms with Crippen LogP contribution in [0.5, 0.6) is 11.5 Å². The van der Waals surface area contributed by atoms with Gasteiger partial charge in [0.25, 0.3) is 5.69 Å². The number of nitro benzene ring substituents is 1. The van der Waals surface area contributed by atoms with Crippen molar-refractivity contribution < 1.29 is 27.4 Å². The number of anilines is 1. The van der Waals surface area contributed by atoms with Crippen LogP contribution in [-0.2, 0) is 10.7 Å². The van der Waals surface area contributed by atoms with Crippen LogP contribution in [0.1, 0.15) is 12.5 Å². The second-order valence-corrected chi connectivity index (χ2v) is 7.29. The molecule has 26 heavy (non-hydrogen) atoms. The van der Waals surface area contributed by atoms with Crippen molar-refractivity contribution in [2.75, 3.05) is 11.2 Å². The van der Waals surface area contributed by atoms with Crippen molar-refractivity contribution in [3.8, 4) is 11.5 Å². The van der Waals surface area contributed by atoms with Gasteiger partial charge in [0.15, 0.2) is 7.95 Å². The first-order chi connectivity index (χ1) is 12.1. The van der Waals surface area contributed by atoms with Crippen molar-refractivity contribution in [2.24, 2.45) is 0 Å². The minimum Gasteiger partial charge on any atom is -0.456 e. The number of hydrogen-bond donors (Lipinski definition) is 1. The van der Waals surface area contributed by atoms with Crippen LogP contribution < -0.4 is 9.82 Å². The van der Waals surface area contributed by atoms with Gasteiger partial charge in [-0.15, -0.1) is 0 Å². The fourth-order valence-electron chi connectivity index (χ4n) is 1.96. The van der Waals surface area contributed by atoms with Crippen molar-refractivity contribution in [1.29, 1.82) is 0 Å². The Labute approximate surface area is 151 Å². The molecule has 0 bridgehead atoms. The lowest BCUT2D eigenvalue weighted by molar-refractivity contribution is -0.383. The van der Waals surface area contributed by atoms with Crippen LogP contribution in [0.4, 0.5) is 24.5 Å². The lowest BCUT2D eigenvalue weighted by Gasteiger charge is -2.12. The predicted molar refractivity (Wildman–Crippen MR) is 92.8 cm³/mol. The molecule has 0 aliphatic heterocycles. The van der Waals surface area contributed by atoms with Gasteiger partial charge in [-0.25, -0.2) is 0 Å². The van der Waals surface area contributed by atoms with E-state index in [1.54, 1.807) is 6.92 Å². The average Bonchev–Trinajstić information content (AvgIpc) is 2.55. The minimum atomic E-state index is -4.54. The molecule has 0 fully saturated rings. The van der Waals surface area contributed by atoms with Crippen LogP contribution in [-0.4, -0.2) is 11.1 Å². The first kappa shape index (κ1) is 20.1. The number of nitrogens with zero attached hydrogens (tertiary/aromatic N) is 1. The van der Waals surface area contributed by atoms with E-state index in [4.69, 9.17) is 16.3 Å². The monoisotopic (exact) mass is 408 g/mol. The van der Waals surface area contributed by atoms with Crippen LogP contribution in [0.25, 0.3) is 0 Å². The second-order valence-electron chi connectivity index (χ2n) is 5.08. The molecule has 0 aliphatic carbocycles. The Kier molecular flexibility index (Phi) is 6.15. The van der Waals surface area contributed by atoms with Crippen molar-refractivity contribution in [3.63, 3.8) is 0 Å². The normalized spacial score (nSPS) is 12.5. The molecule has 1 N–H and O–H groups in total. The number of alkyl halides is 3. The third-order valence-corrected chi connectivity index (χ3v) is 4.73. The fraction of sp³-hybridized carbons (Fsp3) is 0.200. The highest BCUT2D eigenvalue weighted by molar-refractivity contribution is 7.46. The molecule has 0 aliphatic rings. The molecule has 0 saturated heterocycles. The molecule has 0 heterocycles. The molecule has 0 saturated carbocycles. The largest absolute Gasteiger partial charge is 0.456 e. The molecular weight excluding hydrogens is 396 g/mol. The highest BCUT2D eigenvalue weighted by Gasteiger charge is 2.31. The Morgan fingerprint density at radius 2 is 1.96 bits per heavy atom. The zero-order valence-corrected chi connectivity index (χ0v) is 15.0. The summed E-state index contributed by atoms with van der Waals surface area (Å²) < 4.78 is 55.1. The Bertz CT molecular complexity index is 861. The van der Waals surface area contributed by atoms with Crippen molar-refractivity contribution in [2.45, 2.75) is 13.1 Å². The lowest BCUT2D eigenvalue weighted by Crippen LogP contribution is -2.04. The Morgan fingerprint density at radius 1 is 1.27 bits per heavy atom. The number of halogens is 4. The van der Waals surface area contributed by atoms with Gasteiger partial charge < -0.3 is 14.4 Å². The van der Waals surface area contributed by atoms with E-state index in [2.05, 4.69) is 5.09 Å². The maximum Gasteiger partial charge on any atom is 0.416 e. The van der Waals surface area contributed by atoms with Crippen molar-refractivity contribution >= 4 is 30.9 Å². The summed E-state index contributed by atoms with van der Waals surface area (Å²) in [5.74, 6) is 0.0354. The molecular formula is C15H13ClF3N2O4P. The molecule has 11 heteroatoms. The van der Waals surface area contributed by atoms with Crippen LogP contribution >= 0.6 is 19.6 Å². The molecule has 0 radical (unpaired) electrons. The van der Waals surface area contributed by atoms with Gasteiger partial charge in [0, 0.05) is 18.3 Å². The lowest BCUT2D eigenvalue weighted by atomic mass is 10.2. The zero-order valence-electron chi connectivity index (χ0n) is 13.3. The van der Waals surface area contributed by atoms with E-state index in [1.807, 2.05) is 0 Å². The van der Waals surface area contributed by atoms with Crippen LogP contribution in [0.3, 0.4) is 0 Å². The van der Waals surface area contributed by atoms with Crippen LogP contribution in [0.15, 0.2) is 36.4 Å². The summed E-state index contributed by atoms with van der Waals surface area (Å²) >= 11 is 5.82. The minimum absolute atomic E-state index is 0.0127. The summed E-state index contributed by atoms with van der Waals surface area (Å²) in [6, 6.07) is 6.22. The highest BCUT2D eigenvalue weighted by Crippen LogP contribution is 2.39. The Morgan fingerprint density at radius 3 is 2.50 bits per heavy atom. The smallest absolute Gasteiger partial charge is 0.416 e. The predicted octanol–water partition coefficient (Wildman–Crippen LogP) is 5.97. The summed E-state index contributed by atoms with van der Waals surface area (Å²) in [5.41, 5.74) is -1.24. The summed E-state index contributed by atoms with van der Waals surface area (Å²) in [5, 5.41) is 13.3. The summed E-state index contributed by atoms with van der Waals surface area (Å²) in [6.45, 7) is 1.66. The second kappa shape index (κ2) is 7.97. The maximum absolute atomic E-state index is 12.7. The standard InChI is InChI=1S/C15H13ClF3N2O4P/c1-2-26(24)20-12-8-10(4-5-13(12)21(22)23)25-14-6-3-9(7-11(14)16)15(17,18)19/h3-8,26H,2H2,1H3,(H,20,24). The van der Waals surface area contributed by atoms with E-state index in [1.165, 1.54) is 12.1 Å². The summed E-state index contributed by atoms with van der Waals surface area (Å²) in [6.07, 6.45) is -4.25. The molecule has 140 valence electrons. The van der Waals surface area contributed by atoms with Gasteiger partial charge in [0.2, 0.25) is 0 Å². The average molecular weight is 409 g/mol. The molecule has 0 amide bonds. The van der Waals surface area contributed by atoms with Gasteiger partial charge in [-0.05, 0) is 24.3 Å². The number of nitrogens with one attached hydrogen (secondary N) is 1. The van der Waals surface area contributed by atoms with Gasteiger partial charge in [0.05, 0.1) is 15.5 Å². The summed E-state index contributed by atoms with van der Waals surface area (Å²) in [4.78, 5) is 10.4. The van der Waals surface area contributed by atoms with Crippen LogP contribution in [0.2, 0.25) is 5.02 Å². The molecule has 2 rings (SSSR count). The molecule has 2 aromatic rings. The molecule has 0 spiro atoms. The Balaban J connectivity index is 2.33. The third-order valence-electron chi connectivity index (χ3n) is 3.25. The number of rotatable bonds is 6. The van der Waals surface area contributed by atoms with E-state index in [0.717, 1.165) is 24.3 Å². The molecule has 1 atom stereocenters. The van der Waals surface area contributed by atoms with E-state index in [0.29, 0.717) is 0 Å². The van der Waals surface area contributed by atoms with E-state index >= 15 is 0 Å². The van der Waals surface area contributed by atoms with Gasteiger partial charge >= 0.3 is 6.18 Å². The van der Waals surface area contributed by atoms with Gasteiger partial charge in [-0.3, -0.25) is 10.1 Å². The quantitative estimate of drug-likeness (QED) is 0.362. The number of nitro groups is 1. The first-order valence-corrected chi connectivity index (χ1v) is 9.24. The van der Waals surface area contributed by atoms with Crippen molar-refractivity contribution in [3.05, 3.63) is 57.1 Å². The van der Waals surface area contributed by atoms with E-state index in [9.17, 15) is 27.9 Å². The molecule has 0 aromatic heterocycles. The first-order valence-electron chi connectivity index (χ1n) is 7.24. The highest BCUT2D eigenvalue weighted by atomic mass is 35.5. The van der Waals surface area contributed by atoms with E-state index < -0.39 is 24.6 Å². The molecule has 1 unspecified atom stereocenters. The Hall–Kier alpha value is -2.25. The molecule has 6 nitrogen and oxygen atoms in total. The van der Waals surface area contributed by atoms with Gasteiger partial charge in [-0.1, -0.05) is 18.5 Å². The molecule has 2 aromatic carbocycles. The van der Waals surface area contributed by atoms with Crippen LogP contribution in [0, 0.1) is 10.1 Å². The maximum atomic E-state index is 12.7. The SMILES string of the molecule is CC[PH](=O)Nc1cc(Oc2ccc(C(F)(F)F)cc2Cl)ccc1[N+](=O)[O-]. The fourth-order valence-corrected chi connectivity index (χ4v) is 2.86. The topological polar surface area (TPSA) is 81.5 Å². The zero-order chi connectivity index (χ0) is 19.5. The van der Waals surface area contributed by atoms with E-state index in [-0.39, 0.29) is 34.1 Å². The third kappa shape index (κ3) is 4.89. The van der Waals surface area contributed by atoms with Gasteiger partial charge in [-0.2, -0.15) is 13.2 Å².